The number of nitrogens with zero attached hydrogens (tertiary/aromatic N) is 1. The minimum atomic E-state index is -0.132. The van der Waals surface area contributed by atoms with Gasteiger partial charge in [-0.1, -0.05) is 44.2 Å². The predicted octanol–water partition coefficient (Wildman–Crippen LogP) is 3.25. The standard InChI is InChI=1S/C16H20N2/c1-3-12-7-9-14(10-8-12)15(17)16-13(4-2)6-5-11-18-16/h5-11,15H,3-4,17H2,1-2H3. The van der Waals surface area contributed by atoms with Gasteiger partial charge in [-0.3, -0.25) is 4.98 Å². The van der Waals surface area contributed by atoms with Crippen LogP contribution in [0.25, 0.3) is 0 Å². The van der Waals surface area contributed by atoms with Gasteiger partial charge in [-0.05, 0) is 35.6 Å². The van der Waals surface area contributed by atoms with Gasteiger partial charge in [-0.15, -0.1) is 0 Å². The maximum atomic E-state index is 6.32. The first-order chi connectivity index (χ1) is 8.76. The zero-order valence-electron chi connectivity index (χ0n) is 11.1. The van der Waals surface area contributed by atoms with Crippen molar-refractivity contribution in [2.75, 3.05) is 0 Å². The van der Waals surface area contributed by atoms with Crippen molar-refractivity contribution < 1.29 is 0 Å². The number of aromatic nitrogens is 1. The first-order valence-electron chi connectivity index (χ1n) is 6.54. The Labute approximate surface area is 109 Å². The van der Waals surface area contributed by atoms with Gasteiger partial charge in [0.1, 0.15) is 0 Å². The van der Waals surface area contributed by atoms with E-state index in [0.29, 0.717) is 0 Å². The molecule has 0 saturated carbocycles. The molecule has 0 aliphatic rings. The van der Waals surface area contributed by atoms with E-state index in [9.17, 15) is 0 Å². The summed E-state index contributed by atoms with van der Waals surface area (Å²) < 4.78 is 0. The van der Waals surface area contributed by atoms with E-state index in [-0.39, 0.29) is 6.04 Å². The Morgan fingerprint density at radius 2 is 1.78 bits per heavy atom. The largest absolute Gasteiger partial charge is 0.319 e. The lowest BCUT2D eigenvalue weighted by atomic mass is 9.98. The van der Waals surface area contributed by atoms with E-state index >= 15 is 0 Å². The van der Waals surface area contributed by atoms with E-state index in [2.05, 4.69) is 49.2 Å². The van der Waals surface area contributed by atoms with E-state index < -0.39 is 0 Å². The van der Waals surface area contributed by atoms with E-state index in [1.165, 1.54) is 11.1 Å². The lowest BCUT2D eigenvalue weighted by Gasteiger charge is -2.15. The van der Waals surface area contributed by atoms with Crippen LogP contribution < -0.4 is 5.73 Å². The molecule has 1 unspecified atom stereocenters. The van der Waals surface area contributed by atoms with Crippen LogP contribution in [0.15, 0.2) is 42.6 Å². The molecule has 1 aromatic heterocycles. The predicted molar refractivity (Wildman–Crippen MR) is 75.5 cm³/mol. The number of hydrogen-bond donors (Lipinski definition) is 1. The van der Waals surface area contributed by atoms with Crippen molar-refractivity contribution in [1.82, 2.24) is 4.98 Å². The topological polar surface area (TPSA) is 38.9 Å². The molecular formula is C16H20N2. The minimum Gasteiger partial charge on any atom is -0.319 e. The minimum absolute atomic E-state index is 0.132. The van der Waals surface area contributed by atoms with Gasteiger partial charge in [0.15, 0.2) is 0 Å². The third-order valence-corrected chi connectivity index (χ3v) is 3.35. The average Bonchev–Trinajstić information content (AvgIpc) is 2.46. The summed E-state index contributed by atoms with van der Waals surface area (Å²) in [7, 11) is 0. The molecule has 1 aromatic carbocycles. The third kappa shape index (κ3) is 2.59. The average molecular weight is 240 g/mol. The van der Waals surface area contributed by atoms with Crippen LogP contribution in [0.1, 0.15) is 42.3 Å². The molecule has 0 fully saturated rings. The van der Waals surface area contributed by atoms with Gasteiger partial charge < -0.3 is 5.73 Å². The number of hydrogen-bond acceptors (Lipinski definition) is 2. The molecule has 2 N–H and O–H groups in total. The molecule has 0 spiro atoms. The van der Waals surface area contributed by atoms with Gasteiger partial charge in [0, 0.05) is 6.20 Å². The van der Waals surface area contributed by atoms with Crippen LogP contribution in [0.2, 0.25) is 0 Å². The van der Waals surface area contributed by atoms with Gasteiger partial charge >= 0.3 is 0 Å². The van der Waals surface area contributed by atoms with Crippen LogP contribution in [-0.2, 0) is 12.8 Å². The van der Waals surface area contributed by atoms with Crippen molar-refractivity contribution in [3.63, 3.8) is 0 Å². The molecule has 2 aromatic rings. The van der Waals surface area contributed by atoms with Crippen LogP contribution in [-0.4, -0.2) is 4.98 Å². The highest BCUT2D eigenvalue weighted by Gasteiger charge is 2.13. The Balaban J connectivity index is 2.31. The molecule has 0 radical (unpaired) electrons. The SMILES string of the molecule is CCc1ccc(C(N)c2ncccc2CC)cc1. The number of rotatable bonds is 4. The summed E-state index contributed by atoms with van der Waals surface area (Å²) in [6.07, 6.45) is 3.83. The lowest BCUT2D eigenvalue weighted by Crippen LogP contribution is -2.15. The summed E-state index contributed by atoms with van der Waals surface area (Å²) in [5, 5.41) is 0. The van der Waals surface area contributed by atoms with Crippen molar-refractivity contribution in [3.8, 4) is 0 Å². The molecule has 94 valence electrons. The molecule has 0 aliphatic heterocycles. The molecule has 0 saturated heterocycles. The van der Waals surface area contributed by atoms with Gasteiger partial charge in [0.25, 0.3) is 0 Å². The summed E-state index contributed by atoms with van der Waals surface area (Å²) in [5.41, 5.74) is 11.0. The second kappa shape index (κ2) is 5.78. The smallest absolute Gasteiger partial charge is 0.0729 e. The molecule has 0 aliphatic carbocycles. The van der Waals surface area contributed by atoms with E-state index in [4.69, 9.17) is 5.73 Å². The Kier molecular flexibility index (Phi) is 4.11. The molecule has 1 heterocycles. The van der Waals surface area contributed by atoms with E-state index in [1.807, 2.05) is 12.3 Å². The highest BCUT2D eigenvalue weighted by Crippen LogP contribution is 2.21. The summed E-state index contributed by atoms with van der Waals surface area (Å²) in [4.78, 5) is 4.44. The number of nitrogens with two attached hydrogens (primary N) is 1. The molecule has 0 amide bonds. The van der Waals surface area contributed by atoms with Crippen molar-refractivity contribution in [2.24, 2.45) is 5.73 Å². The monoisotopic (exact) mass is 240 g/mol. The highest BCUT2D eigenvalue weighted by atomic mass is 14.8. The Morgan fingerprint density at radius 1 is 1.06 bits per heavy atom. The van der Waals surface area contributed by atoms with Gasteiger partial charge in [0.05, 0.1) is 11.7 Å². The summed E-state index contributed by atoms with van der Waals surface area (Å²) in [5.74, 6) is 0. The summed E-state index contributed by atoms with van der Waals surface area (Å²) in [6, 6.07) is 12.4. The van der Waals surface area contributed by atoms with Crippen molar-refractivity contribution in [2.45, 2.75) is 32.7 Å². The summed E-state index contributed by atoms with van der Waals surface area (Å²) in [6.45, 7) is 4.29. The second-order valence-corrected chi connectivity index (χ2v) is 4.47. The third-order valence-electron chi connectivity index (χ3n) is 3.35. The maximum Gasteiger partial charge on any atom is 0.0729 e. The van der Waals surface area contributed by atoms with E-state index in [0.717, 1.165) is 24.1 Å². The molecule has 2 heteroatoms. The van der Waals surface area contributed by atoms with E-state index in [1.54, 1.807) is 0 Å². The lowest BCUT2D eigenvalue weighted by molar-refractivity contribution is 0.805. The molecule has 2 nitrogen and oxygen atoms in total. The molecule has 18 heavy (non-hydrogen) atoms. The van der Waals surface area contributed by atoms with Crippen LogP contribution in [0.5, 0.6) is 0 Å². The number of aryl methyl sites for hydroxylation is 2. The Morgan fingerprint density at radius 3 is 2.39 bits per heavy atom. The van der Waals surface area contributed by atoms with Gasteiger partial charge in [0.2, 0.25) is 0 Å². The fraction of sp³-hybridized carbons (Fsp3) is 0.312. The zero-order valence-corrected chi connectivity index (χ0v) is 11.1. The Bertz CT molecular complexity index is 503. The first kappa shape index (κ1) is 12.8. The first-order valence-corrected chi connectivity index (χ1v) is 6.54. The fourth-order valence-corrected chi connectivity index (χ4v) is 2.15. The van der Waals surface area contributed by atoms with Gasteiger partial charge in [-0.25, -0.2) is 0 Å². The van der Waals surface area contributed by atoms with Crippen LogP contribution in [0, 0.1) is 0 Å². The van der Waals surface area contributed by atoms with Gasteiger partial charge in [-0.2, -0.15) is 0 Å². The normalized spacial score (nSPS) is 12.4. The molecular weight excluding hydrogens is 220 g/mol. The second-order valence-electron chi connectivity index (χ2n) is 4.47. The highest BCUT2D eigenvalue weighted by molar-refractivity contribution is 5.33. The maximum absolute atomic E-state index is 6.32. The van der Waals surface area contributed by atoms with Crippen molar-refractivity contribution >= 4 is 0 Å². The number of benzene rings is 1. The fourth-order valence-electron chi connectivity index (χ4n) is 2.15. The number of pyridine rings is 1. The van der Waals surface area contributed by atoms with Crippen molar-refractivity contribution in [3.05, 3.63) is 65.0 Å². The van der Waals surface area contributed by atoms with Crippen LogP contribution >= 0.6 is 0 Å². The van der Waals surface area contributed by atoms with Crippen LogP contribution in [0.3, 0.4) is 0 Å². The molecule has 0 bridgehead atoms. The quantitative estimate of drug-likeness (QED) is 0.891. The molecule has 1 atom stereocenters. The zero-order chi connectivity index (χ0) is 13.0. The Hall–Kier alpha value is -1.67. The van der Waals surface area contributed by atoms with Crippen molar-refractivity contribution in [1.29, 1.82) is 0 Å². The van der Waals surface area contributed by atoms with Crippen LogP contribution in [0.4, 0.5) is 0 Å². The summed E-state index contributed by atoms with van der Waals surface area (Å²) >= 11 is 0. The molecule has 2 rings (SSSR count).